The zero-order valence-electron chi connectivity index (χ0n) is 27.0. The Morgan fingerprint density at radius 3 is 2.38 bits per heavy atom. The molecule has 2 fully saturated rings. The molecule has 4 unspecified atom stereocenters. The van der Waals surface area contributed by atoms with Crippen molar-refractivity contribution in [3.05, 3.63) is 99.6 Å². The van der Waals surface area contributed by atoms with Gasteiger partial charge in [-0.1, -0.05) is 78.6 Å². The second-order valence-electron chi connectivity index (χ2n) is 12.5. The van der Waals surface area contributed by atoms with E-state index in [1.807, 2.05) is 12.9 Å². The minimum atomic E-state index is -1.45. The Kier molecular flexibility index (Phi) is 10.4. The van der Waals surface area contributed by atoms with Crippen molar-refractivity contribution in [2.75, 3.05) is 19.1 Å². The number of ether oxygens (including phenoxy) is 1. The molecule has 2 bridgehead atoms. The van der Waals surface area contributed by atoms with Gasteiger partial charge in [0.05, 0.1) is 12.1 Å². The molecule has 4 atom stereocenters. The quantitative estimate of drug-likeness (QED) is 0.224. The summed E-state index contributed by atoms with van der Waals surface area (Å²) >= 11 is 6.19. The van der Waals surface area contributed by atoms with Crippen LogP contribution in [0.3, 0.4) is 0 Å². The Balaban J connectivity index is 0.000000183. The number of methoxy groups -OCH3 is 1. The average Bonchev–Trinajstić information content (AvgIpc) is 3.08. The standard InChI is InChI=1S/C21H25ClO4.C16H19N.CH2O/c1-24-19-12-15(9-10-18(19)22)21(23)20(25-26-21)14-6-4-8-17(20)16-7-3-2-5-13(16)11-14;1-4-14-10-6-8-12-16(14)17(3)15-11-7-5-9-13(15)2;1-2/h9-10,12,14,17,23H,2-8,11H2,1H3;5-12H,4H2,1-3H3;1H2. The van der Waals surface area contributed by atoms with E-state index in [0.29, 0.717) is 22.3 Å². The molecule has 1 spiro atoms. The van der Waals surface area contributed by atoms with Gasteiger partial charge in [0.25, 0.3) is 5.79 Å². The number of aliphatic hydroxyl groups is 1. The van der Waals surface area contributed by atoms with Crippen molar-refractivity contribution in [1.82, 2.24) is 0 Å². The van der Waals surface area contributed by atoms with Crippen molar-refractivity contribution in [2.24, 2.45) is 11.8 Å². The van der Waals surface area contributed by atoms with E-state index in [1.165, 1.54) is 53.8 Å². The van der Waals surface area contributed by atoms with Gasteiger partial charge in [0, 0.05) is 35.8 Å². The second-order valence-corrected chi connectivity index (χ2v) is 12.9. The largest absolute Gasteiger partial charge is 0.495 e. The fourth-order valence-electron chi connectivity index (χ4n) is 8.12. The SMILES string of the molecule is C=O.CCc1ccccc1N(C)c1ccccc1C.COc1cc(C2(O)OOC23C2CCCC3C3=C(CCCC3)C2)ccc1Cl. The topological polar surface area (TPSA) is 68.2 Å². The summed E-state index contributed by atoms with van der Waals surface area (Å²) in [5.74, 6) is -0.373. The Morgan fingerprint density at radius 2 is 1.69 bits per heavy atom. The van der Waals surface area contributed by atoms with Gasteiger partial charge in [-0.05, 0) is 93.7 Å². The smallest absolute Gasteiger partial charge is 0.258 e. The summed E-state index contributed by atoms with van der Waals surface area (Å²) in [5.41, 5.74) is 8.41. The summed E-state index contributed by atoms with van der Waals surface area (Å²) in [6.07, 6.45) is 10.3. The molecule has 7 rings (SSSR count). The van der Waals surface area contributed by atoms with Gasteiger partial charge in [0.2, 0.25) is 0 Å². The van der Waals surface area contributed by atoms with Crippen molar-refractivity contribution < 1.29 is 24.4 Å². The van der Waals surface area contributed by atoms with Crippen LogP contribution in [0.2, 0.25) is 5.02 Å². The van der Waals surface area contributed by atoms with E-state index in [2.05, 4.69) is 74.3 Å². The number of nitrogens with zero attached hydrogens (tertiary/aromatic N) is 1. The molecular formula is C38H46ClNO5. The molecule has 7 heteroatoms. The number of carbonyl (C=O) groups is 1. The van der Waals surface area contributed by atoms with Crippen LogP contribution in [0.4, 0.5) is 11.4 Å². The molecule has 0 aromatic heterocycles. The van der Waals surface area contributed by atoms with Crippen molar-refractivity contribution in [3.8, 4) is 5.75 Å². The molecule has 240 valence electrons. The van der Waals surface area contributed by atoms with E-state index in [4.69, 9.17) is 30.9 Å². The second kappa shape index (κ2) is 14.1. The molecule has 0 radical (unpaired) electrons. The molecule has 3 aromatic carbocycles. The van der Waals surface area contributed by atoms with E-state index in [0.717, 1.165) is 32.1 Å². The van der Waals surface area contributed by atoms with Crippen molar-refractivity contribution in [3.63, 3.8) is 0 Å². The van der Waals surface area contributed by atoms with Gasteiger partial charge >= 0.3 is 0 Å². The number of allylic oxidation sites excluding steroid dienone is 1. The molecule has 3 aliphatic carbocycles. The molecule has 3 aromatic rings. The first-order chi connectivity index (χ1) is 21.8. The highest BCUT2D eigenvalue weighted by Gasteiger charge is 2.74. The first-order valence-corrected chi connectivity index (χ1v) is 16.5. The number of fused-ring (bicyclic) bond motifs is 1. The lowest BCUT2D eigenvalue weighted by molar-refractivity contribution is -0.636. The lowest BCUT2D eigenvalue weighted by atomic mass is 9.53. The number of hydrogen-bond donors (Lipinski definition) is 1. The van der Waals surface area contributed by atoms with Crippen LogP contribution in [0.1, 0.15) is 75.0 Å². The van der Waals surface area contributed by atoms with Gasteiger partial charge in [-0.15, -0.1) is 0 Å². The molecule has 4 aliphatic rings. The van der Waals surface area contributed by atoms with E-state index >= 15 is 0 Å². The minimum absolute atomic E-state index is 0.241. The third kappa shape index (κ3) is 5.83. The van der Waals surface area contributed by atoms with Crippen molar-refractivity contribution >= 4 is 29.8 Å². The van der Waals surface area contributed by atoms with Crippen molar-refractivity contribution in [1.29, 1.82) is 0 Å². The van der Waals surface area contributed by atoms with Crippen LogP contribution in [0.25, 0.3) is 0 Å². The number of benzene rings is 3. The fourth-order valence-corrected chi connectivity index (χ4v) is 8.31. The highest BCUT2D eigenvalue weighted by atomic mass is 35.5. The molecule has 1 aliphatic heterocycles. The molecule has 1 saturated heterocycles. The maximum atomic E-state index is 11.7. The highest BCUT2D eigenvalue weighted by Crippen LogP contribution is 2.65. The number of para-hydroxylation sites is 2. The van der Waals surface area contributed by atoms with E-state index in [-0.39, 0.29) is 5.92 Å². The molecule has 1 heterocycles. The number of rotatable bonds is 5. The first kappa shape index (κ1) is 33.2. The Bertz CT molecular complexity index is 1520. The maximum absolute atomic E-state index is 11.7. The van der Waals surface area contributed by atoms with Crippen LogP contribution in [0, 0.1) is 18.8 Å². The summed E-state index contributed by atoms with van der Waals surface area (Å²) in [4.78, 5) is 21.7. The third-order valence-corrected chi connectivity index (χ3v) is 10.6. The van der Waals surface area contributed by atoms with Gasteiger partial charge in [-0.2, -0.15) is 4.89 Å². The fraction of sp³-hybridized carbons (Fsp3) is 0.447. The predicted octanol–water partition coefficient (Wildman–Crippen LogP) is 9.03. The number of hydrogen-bond acceptors (Lipinski definition) is 6. The number of anilines is 2. The molecule has 0 amide bonds. The molecule has 1 saturated carbocycles. The number of halogens is 1. The van der Waals surface area contributed by atoms with E-state index in [9.17, 15) is 5.11 Å². The van der Waals surface area contributed by atoms with Gasteiger partial charge in [0.1, 0.15) is 12.5 Å². The van der Waals surface area contributed by atoms with Gasteiger partial charge in [-0.3, -0.25) is 0 Å². The molecule has 45 heavy (non-hydrogen) atoms. The molecular weight excluding hydrogens is 586 g/mol. The van der Waals surface area contributed by atoms with E-state index < -0.39 is 11.4 Å². The summed E-state index contributed by atoms with van der Waals surface area (Å²) in [6.45, 7) is 6.35. The zero-order valence-corrected chi connectivity index (χ0v) is 27.7. The van der Waals surface area contributed by atoms with Crippen LogP contribution < -0.4 is 9.64 Å². The van der Waals surface area contributed by atoms with Crippen molar-refractivity contribution in [2.45, 2.75) is 83.0 Å². The number of aryl methyl sites for hydroxylation is 2. The zero-order chi connectivity index (χ0) is 32.2. The summed E-state index contributed by atoms with van der Waals surface area (Å²) in [7, 11) is 3.72. The Labute approximate surface area is 272 Å². The monoisotopic (exact) mass is 631 g/mol. The van der Waals surface area contributed by atoms with Gasteiger partial charge in [0.15, 0.2) is 5.60 Å². The highest BCUT2D eigenvalue weighted by molar-refractivity contribution is 6.32. The van der Waals surface area contributed by atoms with Crippen LogP contribution in [0.15, 0.2) is 77.9 Å². The van der Waals surface area contributed by atoms with Gasteiger partial charge < -0.3 is 19.5 Å². The van der Waals surface area contributed by atoms with Crippen LogP contribution in [-0.4, -0.2) is 31.7 Å². The van der Waals surface area contributed by atoms with Crippen LogP contribution in [-0.2, 0) is 26.8 Å². The van der Waals surface area contributed by atoms with E-state index in [1.54, 1.807) is 24.8 Å². The Morgan fingerprint density at radius 1 is 0.978 bits per heavy atom. The Hall–Kier alpha value is -3.16. The lowest BCUT2D eigenvalue weighted by Crippen LogP contribution is -2.74. The minimum Gasteiger partial charge on any atom is -0.495 e. The molecule has 6 nitrogen and oxygen atoms in total. The lowest BCUT2D eigenvalue weighted by Gasteiger charge is -2.64. The number of carbonyl (C=O) groups excluding carboxylic acids is 1. The van der Waals surface area contributed by atoms with Crippen LogP contribution >= 0.6 is 11.6 Å². The summed E-state index contributed by atoms with van der Waals surface area (Å²) in [5, 5.41) is 12.2. The summed E-state index contributed by atoms with van der Waals surface area (Å²) < 4.78 is 5.36. The maximum Gasteiger partial charge on any atom is 0.258 e. The predicted molar refractivity (Wildman–Crippen MR) is 180 cm³/mol. The summed E-state index contributed by atoms with van der Waals surface area (Å²) in [6, 6.07) is 22.5. The molecule has 1 N–H and O–H groups in total. The first-order valence-electron chi connectivity index (χ1n) is 16.1. The average molecular weight is 632 g/mol. The third-order valence-electron chi connectivity index (χ3n) is 10.3. The van der Waals surface area contributed by atoms with Gasteiger partial charge in [-0.25, -0.2) is 4.89 Å². The van der Waals surface area contributed by atoms with Crippen LogP contribution in [0.5, 0.6) is 5.75 Å². The normalized spacial score (nSPS) is 26.4.